The van der Waals surface area contributed by atoms with Crippen molar-refractivity contribution in [2.45, 2.75) is 52.7 Å². The van der Waals surface area contributed by atoms with Crippen LogP contribution in [0.3, 0.4) is 0 Å². The first-order valence-corrected chi connectivity index (χ1v) is 15.3. The minimum absolute atomic E-state index is 0.287. The van der Waals surface area contributed by atoms with Crippen molar-refractivity contribution in [3.63, 3.8) is 0 Å². The van der Waals surface area contributed by atoms with Crippen LogP contribution >= 0.6 is 12.2 Å². The van der Waals surface area contributed by atoms with Crippen LogP contribution in [0.4, 0.5) is 11.4 Å². The van der Waals surface area contributed by atoms with E-state index < -0.39 is 17.2 Å². The lowest BCUT2D eigenvalue weighted by Crippen LogP contribution is -2.23. The second kappa shape index (κ2) is 16.1. The average molecular weight is 661 g/mol. The van der Waals surface area contributed by atoms with Gasteiger partial charge in [0.05, 0.1) is 34.4 Å². The van der Waals surface area contributed by atoms with Crippen LogP contribution in [0.5, 0.6) is 0 Å². The van der Waals surface area contributed by atoms with E-state index in [4.69, 9.17) is 32.2 Å². The normalized spacial score (nSPS) is 10.6. The van der Waals surface area contributed by atoms with Gasteiger partial charge >= 0.3 is 11.9 Å². The number of hydrogen-bond acceptors (Lipinski definition) is 8. The summed E-state index contributed by atoms with van der Waals surface area (Å²) in [5, 5.41) is 23.4. The minimum Gasteiger partial charge on any atom is -0.456 e. The highest BCUT2D eigenvalue weighted by atomic mass is 32.1. The molecule has 244 valence electrons. The molecule has 0 heterocycles. The quantitative estimate of drug-likeness (QED) is 0.155. The van der Waals surface area contributed by atoms with Crippen LogP contribution in [0.25, 0.3) is 0 Å². The molecule has 0 atom stereocenters. The Hall–Kier alpha value is -5.84. The molecule has 0 aliphatic carbocycles. The van der Waals surface area contributed by atoms with Crippen LogP contribution < -0.4 is 10.6 Å². The van der Waals surface area contributed by atoms with E-state index in [1.165, 1.54) is 0 Å². The fourth-order valence-corrected chi connectivity index (χ4v) is 4.11. The van der Waals surface area contributed by atoms with E-state index in [2.05, 4.69) is 16.7 Å². The standard InChI is InChI=1S/C19H18N2O3.C19H18N2O2S/c1-19(2,3)24-18(23)15-8-10-16(11-9-15)21-17(22)14-6-4-13(12-20)5-7-14;1-19(2,3)23-18(22)15-8-10-16(11-9-15)21-17(24)14-6-4-13(12-20)5-7-14/h4-11H,1-3H3,(H,21,22);4-11H,1-3H3,(H,21,24). The van der Waals surface area contributed by atoms with Gasteiger partial charge in [0.15, 0.2) is 0 Å². The third-order valence-corrected chi connectivity index (χ3v) is 6.44. The number of ether oxygens (including phenoxy) is 2. The fourth-order valence-electron chi connectivity index (χ4n) is 3.85. The van der Waals surface area contributed by atoms with Crippen LogP contribution in [0.15, 0.2) is 97.1 Å². The number of thiocarbonyl (C=S) groups is 1. The third kappa shape index (κ3) is 11.8. The zero-order valence-electron chi connectivity index (χ0n) is 27.6. The van der Waals surface area contributed by atoms with Crippen LogP contribution in [0, 0.1) is 22.7 Å². The van der Waals surface area contributed by atoms with E-state index in [9.17, 15) is 14.4 Å². The fraction of sp³-hybridized carbons (Fsp3) is 0.211. The first kappa shape index (κ1) is 36.6. The molecule has 2 N–H and O–H groups in total. The Morgan fingerprint density at radius 3 is 1.23 bits per heavy atom. The monoisotopic (exact) mass is 660 g/mol. The Balaban J connectivity index is 0.000000260. The first-order chi connectivity index (χ1) is 22.6. The lowest BCUT2D eigenvalue weighted by Gasteiger charge is -2.19. The van der Waals surface area contributed by atoms with Gasteiger partial charge < -0.3 is 20.1 Å². The average Bonchev–Trinajstić information content (AvgIpc) is 3.04. The summed E-state index contributed by atoms with van der Waals surface area (Å²) in [7, 11) is 0. The van der Waals surface area contributed by atoms with Crippen LogP contribution in [0.1, 0.15) is 89.3 Å². The number of esters is 2. The summed E-state index contributed by atoms with van der Waals surface area (Å²) in [6.45, 7) is 10.9. The van der Waals surface area contributed by atoms with Gasteiger partial charge in [-0.2, -0.15) is 10.5 Å². The van der Waals surface area contributed by atoms with Gasteiger partial charge in [-0.15, -0.1) is 0 Å². The molecule has 0 saturated heterocycles. The summed E-state index contributed by atoms with van der Waals surface area (Å²) in [5.74, 6) is -1.05. The number of nitrogens with one attached hydrogen (secondary N) is 2. The molecule has 0 aliphatic rings. The van der Waals surface area contributed by atoms with E-state index in [0.29, 0.717) is 38.5 Å². The van der Waals surface area contributed by atoms with E-state index >= 15 is 0 Å². The first-order valence-electron chi connectivity index (χ1n) is 14.9. The van der Waals surface area contributed by atoms with Gasteiger partial charge in [0.2, 0.25) is 0 Å². The third-order valence-electron chi connectivity index (χ3n) is 6.11. The highest BCUT2D eigenvalue weighted by molar-refractivity contribution is 7.81. The molecule has 0 unspecified atom stereocenters. The van der Waals surface area contributed by atoms with Gasteiger partial charge in [-0.1, -0.05) is 24.4 Å². The predicted molar refractivity (Wildman–Crippen MR) is 189 cm³/mol. The molecule has 0 saturated carbocycles. The molecular formula is C38H36N4O5S. The van der Waals surface area contributed by atoms with Crippen molar-refractivity contribution in [1.82, 2.24) is 0 Å². The highest BCUT2D eigenvalue weighted by Gasteiger charge is 2.19. The molecule has 4 aromatic carbocycles. The van der Waals surface area contributed by atoms with Crippen molar-refractivity contribution >= 4 is 46.4 Å². The van der Waals surface area contributed by atoms with Gasteiger partial charge in [0.1, 0.15) is 16.2 Å². The smallest absolute Gasteiger partial charge is 0.338 e. The minimum atomic E-state index is -0.556. The Kier molecular flexibility index (Phi) is 12.3. The van der Waals surface area contributed by atoms with Crippen LogP contribution in [-0.4, -0.2) is 34.0 Å². The van der Waals surface area contributed by atoms with Crippen molar-refractivity contribution in [2.75, 3.05) is 10.6 Å². The van der Waals surface area contributed by atoms with Crippen molar-refractivity contribution in [3.05, 3.63) is 130 Å². The summed E-state index contributed by atoms with van der Waals surface area (Å²) in [6.07, 6.45) is 0. The molecule has 0 bridgehead atoms. The molecule has 0 radical (unpaired) electrons. The lowest BCUT2D eigenvalue weighted by atomic mass is 10.1. The zero-order valence-corrected chi connectivity index (χ0v) is 28.4. The Bertz CT molecular complexity index is 1700. The Morgan fingerprint density at radius 2 is 0.875 bits per heavy atom. The Morgan fingerprint density at radius 1 is 0.542 bits per heavy atom. The van der Waals surface area contributed by atoms with Crippen molar-refractivity contribution in [1.29, 1.82) is 10.5 Å². The van der Waals surface area contributed by atoms with E-state index in [1.54, 1.807) is 118 Å². The second-order valence-corrected chi connectivity index (χ2v) is 12.9. The van der Waals surface area contributed by atoms with Crippen LogP contribution in [0.2, 0.25) is 0 Å². The second-order valence-electron chi connectivity index (χ2n) is 12.4. The van der Waals surface area contributed by atoms with Gasteiger partial charge in [-0.05, 0) is 126 Å². The molecule has 10 heteroatoms. The number of carbonyl (C=O) groups is 3. The number of rotatable bonds is 6. The lowest BCUT2D eigenvalue weighted by molar-refractivity contribution is 0.00570. The molecule has 0 fully saturated rings. The molecule has 1 amide bonds. The molecule has 0 aliphatic heterocycles. The van der Waals surface area contributed by atoms with Crippen molar-refractivity contribution in [2.24, 2.45) is 0 Å². The molecule has 9 nitrogen and oxygen atoms in total. The van der Waals surface area contributed by atoms with Gasteiger partial charge in [-0.25, -0.2) is 9.59 Å². The summed E-state index contributed by atoms with van der Waals surface area (Å²) >= 11 is 5.35. The largest absolute Gasteiger partial charge is 0.456 e. The van der Waals surface area contributed by atoms with E-state index in [-0.39, 0.29) is 11.9 Å². The molecule has 4 rings (SSSR count). The number of nitrogens with zero attached hydrogens (tertiary/aromatic N) is 2. The predicted octanol–water partition coefficient (Wildman–Crippen LogP) is 8.07. The SMILES string of the molecule is CC(C)(C)OC(=O)c1ccc(NC(=O)c2ccc(C#N)cc2)cc1.CC(C)(C)OC(=O)c1ccc(NC(=S)c2ccc(C#N)cc2)cc1. The molecule has 48 heavy (non-hydrogen) atoms. The summed E-state index contributed by atoms with van der Waals surface area (Å²) in [6, 6.07) is 30.8. The maximum Gasteiger partial charge on any atom is 0.338 e. The maximum atomic E-state index is 12.1. The van der Waals surface area contributed by atoms with Gasteiger partial charge in [0, 0.05) is 22.5 Å². The van der Waals surface area contributed by atoms with E-state index in [0.717, 1.165) is 11.3 Å². The summed E-state index contributed by atoms with van der Waals surface area (Å²) < 4.78 is 10.6. The molecule has 0 aromatic heterocycles. The molecular weight excluding hydrogens is 625 g/mol. The van der Waals surface area contributed by atoms with Crippen LogP contribution in [-0.2, 0) is 9.47 Å². The van der Waals surface area contributed by atoms with Crippen molar-refractivity contribution < 1.29 is 23.9 Å². The number of amides is 1. The Labute approximate surface area is 286 Å². The number of anilines is 2. The maximum absolute atomic E-state index is 12.1. The summed E-state index contributed by atoms with van der Waals surface area (Å²) in [5.41, 5.74) is 3.52. The van der Waals surface area contributed by atoms with Gasteiger partial charge in [0.25, 0.3) is 5.91 Å². The number of hydrogen-bond donors (Lipinski definition) is 2. The number of benzene rings is 4. The van der Waals surface area contributed by atoms with Gasteiger partial charge in [-0.3, -0.25) is 4.79 Å². The molecule has 4 aromatic rings. The summed E-state index contributed by atoms with van der Waals surface area (Å²) in [4.78, 5) is 36.6. The topological polar surface area (TPSA) is 141 Å². The number of carbonyl (C=O) groups excluding carboxylic acids is 3. The zero-order chi connectivity index (χ0) is 35.5. The van der Waals surface area contributed by atoms with E-state index in [1.807, 2.05) is 26.8 Å². The molecule has 0 spiro atoms. The number of nitriles is 2. The highest BCUT2D eigenvalue weighted by Crippen LogP contribution is 2.18. The van der Waals surface area contributed by atoms with Crippen molar-refractivity contribution in [3.8, 4) is 12.1 Å².